The largest absolute Gasteiger partial charge is 0.325 e. The van der Waals surface area contributed by atoms with E-state index in [4.69, 9.17) is 5.73 Å². The van der Waals surface area contributed by atoms with E-state index in [0.717, 1.165) is 17.0 Å². The number of hydrogen-bond acceptors (Lipinski definition) is 3. The summed E-state index contributed by atoms with van der Waals surface area (Å²) in [5, 5.41) is 7.83. The first-order valence-electron chi connectivity index (χ1n) is 5.23. The summed E-state index contributed by atoms with van der Waals surface area (Å²) in [6, 6.07) is 6.26. The molecule has 2 rings (SSSR count). The van der Waals surface area contributed by atoms with Crippen molar-refractivity contribution in [3.05, 3.63) is 47.0 Å². The molecule has 0 atom stereocenters. The Morgan fingerprint density at radius 2 is 2.00 bits per heavy atom. The topological polar surface area (TPSA) is 56.7 Å². The molecular weight excluding hydrogens is 219 g/mol. The van der Waals surface area contributed by atoms with Gasteiger partial charge >= 0.3 is 0 Å². The first-order chi connectivity index (χ1) is 8.20. The van der Waals surface area contributed by atoms with Gasteiger partial charge in [0.2, 0.25) is 0 Å². The minimum absolute atomic E-state index is 0.244. The third-order valence-electron chi connectivity index (χ3n) is 2.44. The SMILES string of the molecule is Cn1nnc(CN)c1/C=C/c1ccc(F)cc1. The van der Waals surface area contributed by atoms with Gasteiger partial charge in [0.05, 0.1) is 5.69 Å². The van der Waals surface area contributed by atoms with E-state index in [1.165, 1.54) is 12.1 Å². The predicted octanol–water partition coefficient (Wildman–Crippen LogP) is 1.58. The van der Waals surface area contributed by atoms with E-state index in [0.29, 0.717) is 6.54 Å². The Hall–Kier alpha value is -2.01. The first-order valence-corrected chi connectivity index (χ1v) is 5.23. The lowest BCUT2D eigenvalue weighted by Gasteiger charge is -1.97. The summed E-state index contributed by atoms with van der Waals surface area (Å²) in [5.41, 5.74) is 8.07. The molecule has 1 aromatic carbocycles. The number of rotatable bonds is 3. The number of nitrogens with two attached hydrogens (primary N) is 1. The number of benzene rings is 1. The van der Waals surface area contributed by atoms with E-state index in [-0.39, 0.29) is 5.82 Å². The number of halogens is 1. The highest BCUT2D eigenvalue weighted by Gasteiger charge is 2.04. The molecule has 0 aliphatic carbocycles. The third kappa shape index (κ3) is 2.57. The minimum atomic E-state index is -0.244. The predicted molar refractivity (Wildman–Crippen MR) is 64.2 cm³/mol. The van der Waals surface area contributed by atoms with Gasteiger partial charge < -0.3 is 5.73 Å². The molecular formula is C12H13FN4. The fourth-order valence-corrected chi connectivity index (χ4v) is 1.51. The Morgan fingerprint density at radius 3 is 2.65 bits per heavy atom. The Kier molecular flexibility index (Phi) is 3.30. The van der Waals surface area contributed by atoms with Gasteiger partial charge in [-0.15, -0.1) is 5.10 Å². The van der Waals surface area contributed by atoms with Crippen LogP contribution in [0.3, 0.4) is 0 Å². The van der Waals surface area contributed by atoms with Crippen molar-refractivity contribution < 1.29 is 4.39 Å². The standard InChI is InChI=1S/C12H13FN4/c1-17-12(11(8-14)15-16-17)7-4-9-2-5-10(13)6-3-9/h2-7H,8,14H2,1H3/b7-4+. The maximum absolute atomic E-state index is 12.7. The summed E-state index contributed by atoms with van der Waals surface area (Å²) in [6.45, 7) is 0.344. The van der Waals surface area contributed by atoms with Gasteiger partial charge in [0.1, 0.15) is 11.5 Å². The summed E-state index contributed by atoms with van der Waals surface area (Å²) in [5.74, 6) is -0.244. The number of nitrogens with zero attached hydrogens (tertiary/aromatic N) is 3. The van der Waals surface area contributed by atoms with E-state index >= 15 is 0 Å². The summed E-state index contributed by atoms with van der Waals surface area (Å²) >= 11 is 0. The second-order valence-electron chi connectivity index (χ2n) is 3.63. The summed E-state index contributed by atoms with van der Waals surface area (Å²) in [7, 11) is 1.80. The normalized spacial score (nSPS) is 11.2. The number of aromatic nitrogens is 3. The molecule has 0 aliphatic rings. The fourth-order valence-electron chi connectivity index (χ4n) is 1.51. The quantitative estimate of drug-likeness (QED) is 0.874. The van der Waals surface area contributed by atoms with Crippen LogP contribution in [-0.2, 0) is 13.6 Å². The van der Waals surface area contributed by atoms with Crippen LogP contribution in [0.1, 0.15) is 17.0 Å². The second kappa shape index (κ2) is 4.88. The third-order valence-corrected chi connectivity index (χ3v) is 2.44. The van der Waals surface area contributed by atoms with Crippen LogP contribution in [0.2, 0.25) is 0 Å². The Balaban J connectivity index is 2.25. The zero-order valence-electron chi connectivity index (χ0n) is 9.47. The highest BCUT2D eigenvalue weighted by molar-refractivity contribution is 5.68. The molecule has 0 saturated heterocycles. The van der Waals surface area contributed by atoms with Crippen LogP contribution in [0.25, 0.3) is 12.2 Å². The lowest BCUT2D eigenvalue weighted by atomic mass is 10.2. The molecule has 0 fully saturated rings. The zero-order chi connectivity index (χ0) is 12.3. The monoisotopic (exact) mass is 232 g/mol. The summed E-state index contributed by atoms with van der Waals surface area (Å²) in [6.07, 6.45) is 3.74. The lowest BCUT2D eigenvalue weighted by molar-refractivity contribution is 0.628. The van der Waals surface area contributed by atoms with Gasteiger partial charge in [-0.2, -0.15) is 0 Å². The number of aryl methyl sites for hydroxylation is 1. The van der Waals surface area contributed by atoms with Crippen molar-refractivity contribution in [3.8, 4) is 0 Å². The van der Waals surface area contributed by atoms with Crippen molar-refractivity contribution in [2.24, 2.45) is 12.8 Å². The van der Waals surface area contributed by atoms with Crippen molar-refractivity contribution in [2.75, 3.05) is 0 Å². The average Bonchev–Trinajstić information content (AvgIpc) is 2.69. The van der Waals surface area contributed by atoms with Crippen LogP contribution in [0.4, 0.5) is 4.39 Å². The lowest BCUT2D eigenvalue weighted by Crippen LogP contribution is -2.00. The van der Waals surface area contributed by atoms with Crippen LogP contribution in [0.15, 0.2) is 24.3 Å². The van der Waals surface area contributed by atoms with Crippen LogP contribution < -0.4 is 5.73 Å². The second-order valence-corrected chi connectivity index (χ2v) is 3.63. The van der Waals surface area contributed by atoms with Gasteiger partial charge in [-0.1, -0.05) is 23.4 Å². The van der Waals surface area contributed by atoms with Crippen molar-refractivity contribution in [3.63, 3.8) is 0 Å². The fraction of sp³-hybridized carbons (Fsp3) is 0.167. The zero-order valence-corrected chi connectivity index (χ0v) is 9.47. The summed E-state index contributed by atoms with van der Waals surface area (Å²) in [4.78, 5) is 0. The van der Waals surface area contributed by atoms with Crippen molar-refractivity contribution in [1.82, 2.24) is 15.0 Å². The van der Waals surface area contributed by atoms with Crippen molar-refractivity contribution >= 4 is 12.2 Å². The molecule has 88 valence electrons. The molecule has 4 nitrogen and oxygen atoms in total. The molecule has 1 heterocycles. The molecule has 5 heteroatoms. The first kappa shape index (κ1) is 11.5. The van der Waals surface area contributed by atoms with Gasteiger partial charge in [0.25, 0.3) is 0 Å². The van der Waals surface area contributed by atoms with Crippen LogP contribution in [0, 0.1) is 5.82 Å². The van der Waals surface area contributed by atoms with Crippen LogP contribution in [-0.4, -0.2) is 15.0 Å². The highest BCUT2D eigenvalue weighted by Crippen LogP contribution is 2.10. The molecule has 17 heavy (non-hydrogen) atoms. The van der Waals surface area contributed by atoms with E-state index in [9.17, 15) is 4.39 Å². The van der Waals surface area contributed by atoms with Gasteiger partial charge in [-0.3, -0.25) is 0 Å². The molecule has 2 aromatic rings. The molecule has 2 N–H and O–H groups in total. The molecule has 1 aromatic heterocycles. The smallest absolute Gasteiger partial charge is 0.123 e. The highest BCUT2D eigenvalue weighted by atomic mass is 19.1. The van der Waals surface area contributed by atoms with Crippen LogP contribution in [0.5, 0.6) is 0 Å². The van der Waals surface area contributed by atoms with E-state index in [1.807, 2.05) is 12.2 Å². The molecule has 0 aliphatic heterocycles. The van der Waals surface area contributed by atoms with E-state index in [2.05, 4.69) is 10.3 Å². The van der Waals surface area contributed by atoms with E-state index in [1.54, 1.807) is 23.9 Å². The van der Waals surface area contributed by atoms with Gasteiger partial charge in [-0.05, 0) is 23.8 Å². The van der Waals surface area contributed by atoms with Gasteiger partial charge in [0.15, 0.2) is 0 Å². The number of hydrogen-bond donors (Lipinski definition) is 1. The van der Waals surface area contributed by atoms with Crippen molar-refractivity contribution in [1.29, 1.82) is 0 Å². The summed E-state index contributed by atoms with van der Waals surface area (Å²) < 4.78 is 14.4. The Morgan fingerprint density at radius 1 is 1.29 bits per heavy atom. The maximum atomic E-state index is 12.7. The minimum Gasteiger partial charge on any atom is -0.325 e. The molecule has 0 amide bonds. The Labute approximate surface area is 98.6 Å². The molecule has 0 bridgehead atoms. The van der Waals surface area contributed by atoms with E-state index < -0.39 is 0 Å². The molecule has 0 unspecified atom stereocenters. The molecule has 0 spiro atoms. The molecule has 0 radical (unpaired) electrons. The van der Waals surface area contributed by atoms with Gasteiger partial charge in [0, 0.05) is 13.6 Å². The molecule has 0 saturated carbocycles. The van der Waals surface area contributed by atoms with Crippen LogP contribution >= 0.6 is 0 Å². The Bertz CT molecular complexity index is 528. The van der Waals surface area contributed by atoms with Crippen molar-refractivity contribution in [2.45, 2.75) is 6.54 Å². The average molecular weight is 232 g/mol. The maximum Gasteiger partial charge on any atom is 0.123 e. The van der Waals surface area contributed by atoms with Gasteiger partial charge in [-0.25, -0.2) is 9.07 Å².